The lowest BCUT2D eigenvalue weighted by Crippen LogP contribution is -2.25. The highest BCUT2D eigenvalue weighted by Crippen LogP contribution is 2.47. The summed E-state index contributed by atoms with van der Waals surface area (Å²) >= 11 is 0. The topological polar surface area (TPSA) is 6.02 Å². The Morgan fingerprint density at radius 1 is 0.607 bits per heavy atom. The van der Waals surface area contributed by atoms with Gasteiger partial charge in [-0.05, 0) is 50.6 Å². The molecule has 0 unspecified atom stereocenters. The van der Waals surface area contributed by atoms with Crippen molar-refractivity contribution in [2.24, 2.45) is 0 Å². The van der Waals surface area contributed by atoms with E-state index in [0.29, 0.717) is 0 Å². The lowest BCUT2D eigenvalue weighted by molar-refractivity contribution is -0.401. The molecule has 2 heterocycles. The number of nitrogens with zero attached hydrogens (tertiary/aromatic N) is 2. The Hall–Kier alpha value is -2.48. The van der Waals surface area contributed by atoms with E-state index in [1.165, 1.54) is 55.5 Å². The molecule has 0 bridgehead atoms. The Morgan fingerprint density at radius 3 is 1.32 bits per heavy atom. The quantitative estimate of drug-likeness (QED) is 0.336. The fraction of sp³-hybridized carbons (Fsp3) is 0.385. The monoisotopic (exact) mass is 370 g/mol. The van der Waals surface area contributed by atoms with Gasteiger partial charge in [-0.1, -0.05) is 24.3 Å². The summed E-state index contributed by atoms with van der Waals surface area (Å²) in [5.41, 5.74) is 8.61. The van der Waals surface area contributed by atoms with Gasteiger partial charge in [-0.15, -0.1) is 0 Å². The molecule has 0 saturated carbocycles. The van der Waals surface area contributed by atoms with E-state index in [1.807, 2.05) is 0 Å². The van der Waals surface area contributed by atoms with Gasteiger partial charge in [-0.25, -0.2) is 9.15 Å². The van der Waals surface area contributed by atoms with Crippen LogP contribution < -0.4 is 0 Å². The maximum atomic E-state index is 2.41. The summed E-state index contributed by atoms with van der Waals surface area (Å²) in [4.78, 5) is 0. The van der Waals surface area contributed by atoms with Gasteiger partial charge in [0.05, 0.1) is 21.6 Å². The van der Waals surface area contributed by atoms with Crippen molar-refractivity contribution in [3.8, 4) is 0 Å². The van der Waals surface area contributed by atoms with Crippen molar-refractivity contribution >= 4 is 44.3 Å². The van der Waals surface area contributed by atoms with Gasteiger partial charge in [0.2, 0.25) is 11.4 Å². The molecule has 0 saturated heterocycles. The first kappa shape index (κ1) is 17.6. The molecule has 2 heteroatoms. The zero-order chi connectivity index (χ0) is 20.2. The first-order valence-electron chi connectivity index (χ1n) is 10.3. The van der Waals surface area contributed by atoms with Crippen molar-refractivity contribution in [1.82, 2.24) is 0 Å². The number of fused-ring (bicyclic) bond motifs is 6. The number of rotatable bonds is 0. The molecular formula is C26H30N2+2. The second-order valence-electron chi connectivity index (χ2n) is 9.76. The van der Waals surface area contributed by atoms with E-state index in [4.69, 9.17) is 0 Å². The molecule has 2 aliphatic heterocycles. The molecule has 0 N–H and O–H groups in total. The van der Waals surface area contributed by atoms with Gasteiger partial charge in [0.1, 0.15) is 14.1 Å². The third-order valence-corrected chi connectivity index (χ3v) is 7.93. The molecule has 0 radical (unpaired) electrons. The minimum Gasteiger partial charge on any atom is -0.201 e. The van der Waals surface area contributed by atoms with E-state index in [-0.39, 0.29) is 10.8 Å². The molecule has 0 fully saturated rings. The maximum Gasteiger partial charge on any atom is 0.217 e. The van der Waals surface area contributed by atoms with Crippen molar-refractivity contribution in [3.05, 3.63) is 47.5 Å². The lowest BCUT2D eigenvalue weighted by Gasteiger charge is -2.16. The van der Waals surface area contributed by atoms with Gasteiger partial charge in [0, 0.05) is 25.0 Å². The van der Waals surface area contributed by atoms with Crippen molar-refractivity contribution in [3.63, 3.8) is 0 Å². The van der Waals surface area contributed by atoms with Gasteiger partial charge in [-0.2, -0.15) is 0 Å². The van der Waals surface area contributed by atoms with Gasteiger partial charge in [-0.3, -0.25) is 0 Å². The van der Waals surface area contributed by atoms with E-state index in [2.05, 4.69) is 101 Å². The molecule has 2 aliphatic rings. The highest BCUT2D eigenvalue weighted by Gasteiger charge is 2.44. The fourth-order valence-corrected chi connectivity index (χ4v) is 5.41. The number of hydrogen-bond acceptors (Lipinski definition) is 0. The Morgan fingerprint density at radius 2 is 0.964 bits per heavy atom. The molecule has 3 aromatic carbocycles. The van der Waals surface area contributed by atoms with Crippen LogP contribution in [-0.2, 0) is 10.8 Å². The van der Waals surface area contributed by atoms with Crippen LogP contribution >= 0.6 is 0 Å². The van der Waals surface area contributed by atoms with E-state index in [1.54, 1.807) is 0 Å². The minimum absolute atomic E-state index is 0.0848. The predicted molar refractivity (Wildman–Crippen MR) is 121 cm³/mol. The van der Waals surface area contributed by atoms with Crippen molar-refractivity contribution < 1.29 is 9.15 Å². The van der Waals surface area contributed by atoms with E-state index < -0.39 is 0 Å². The average molecular weight is 371 g/mol. The lowest BCUT2D eigenvalue weighted by atomic mass is 9.80. The first-order valence-corrected chi connectivity index (χ1v) is 10.3. The zero-order valence-corrected chi connectivity index (χ0v) is 18.4. The average Bonchev–Trinajstić information content (AvgIpc) is 2.95. The van der Waals surface area contributed by atoms with Crippen LogP contribution in [-0.4, -0.2) is 34.7 Å². The molecular weight excluding hydrogens is 340 g/mol. The standard InChI is InChI=1S/C26H30N2/c1-15-25(3,4)21-11-9-17-14-20-18(13-19(17)23(21)27(15)7)10-12-22-24(20)28(8)16(2)26(22,5)6/h9-14H,1-8H3/q+2. The fourth-order valence-electron chi connectivity index (χ4n) is 5.41. The highest BCUT2D eigenvalue weighted by atomic mass is 15.0. The second kappa shape index (κ2) is 5.11. The van der Waals surface area contributed by atoms with Crippen molar-refractivity contribution in [2.45, 2.75) is 52.4 Å². The van der Waals surface area contributed by atoms with Crippen LogP contribution in [0.4, 0.5) is 11.4 Å². The highest BCUT2D eigenvalue weighted by molar-refractivity contribution is 6.10. The normalized spacial score (nSPS) is 19.7. The van der Waals surface area contributed by atoms with Crippen LogP contribution in [0.1, 0.15) is 52.7 Å². The molecule has 0 amide bonds. The predicted octanol–water partition coefficient (Wildman–Crippen LogP) is 6.04. The molecule has 3 aromatic rings. The van der Waals surface area contributed by atoms with Crippen LogP contribution in [0.5, 0.6) is 0 Å². The third kappa shape index (κ3) is 1.89. The molecule has 0 spiro atoms. The summed E-state index contributed by atoms with van der Waals surface area (Å²) in [6.07, 6.45) is 0. The summed E-state index contributed by atoms with van der Waals surface area (Å²) in [6.45, 7) is 13.9. The number of benzene rings is 3. The van der Waals surface area contributed by atoms with Crippen LogP contribution in [0.2, 0.25) is 0 Å². The summed E-state index contributed by atoms with van der Waals surface area (Å²) in [7, 11) is 4.42. The second-order valence-corrected chi connectivity index (χ2v) is 9.76. The summed E-state index contributed by atoms with van der Waals surface area (Å²) in [5, 5.41) is 5.37. The summed E-state index contributed by atoms with van der Waals surface area (Å²) < 4.78 is 4.79. The molecule has 5 rings (SSSR count). The maximum absolute atomic E-state index is 2.41. The van der Waals surface area contributed by atoms with Gasteiger partial charge < -0.3 is 0 Å². The van der Waals surface area contributed by atoms with E-state index >= 15 is 0 Å². The van der Waals surface area contributed by atoms with E-state index in [9.17, 15) is 0 Å². The largest absolute Gasteiger partial charge is 0.217 e. The Bertz CT molecular complexity index is 1180. The molecule has 0 aromatic heterocycles. The SMILES string of the molecule is CC1=[N+](C)c2c(ccc3cc4c5c(ccc4cc23)C(C)(C)C(C)=[N+]5C)C1(C)C. The minimum atomic E-state index is 0.0848. The van der Waals surface area contributed by atoms with Crippen molar-refractivity contribution in [1.29, 1.82) is 0 Å². The molecule has 0 atom stereocenters. The molecule has 142 valence electrons. The Balaban J connectivity index is 1.90. The van der Waals surface area contributed by atoms with Crippen LogP contribution in [0, 0.1) is 0 Å². The summed E-state index contributed by atoms with van der Waals surface area (Å²) in [6, 6.07) is 14.1. The van der Waals surface area contributed by atoms with Crippen LogP contribution in [0.3, 0.4) is 0 Å². The van der Waals surface area contributed by atoms with Crippen LogP contribution in [0.25, 0.3) is 21.5 Å². The smallest absolute Gasteiger partial charge is 0.201 e. The van der Waals surface area contributed by atoms with Gasteiger partial charge >= 0.3 is 0 Å². The van der Waals surface area contributed by atoms with E-state index in [0.717, 1.165) is 0 Å². The van der Waals surface area contributed by atoms with Gasteiger partial charge in [0.15, 0.2) is 11.4 Å². The van der Waals surface area contributed by atoms with Gasteiger partial charge in [0.25, 0.3) is 0 Å². The molecule has 28 heavy (non-hydrogen) atoms. The first-order chi connectivity index (χ1) is 13.1. The van der Waals surface area contributed by atoms with Crippen molar-refractivity contribution in [2.75, 3.05) is 14.1 Å². The Labute approximate surface area is 167 Å². The van der Waals surface area contributed by atoms with Crippen LogP contribution in [0.15, 0.2) is 36.4 Å². The Kier molecular flexibility index (Phi) is 3.21. The molecule has 0 aliphatic carbocycles. The third-order valence-electron chi connectivity index (χ3n) is 7.93. The molecule has 2 nitrogen and oxygen atoms in total. The zero-order valence-electron chi connectivity index (χ0n) is 18.4. The summed E-state index contributed by atoms with van der Waals surface area (Å²) in [5.74, 6) is 0. The number of hydrogen-bond donors (Lipinski definition) is 0.